The van der Waals surface area contributed by atoms with Crippen LogP contribution in [0.2, 0.25) is 0 Å². The highest BCUT2D eigenvalue weighted by Crippen LogP contribution is 2.58. The topological polar surface area (TPSA) is 294 Å². The first-order valence-corrected chi connectivity index (χ1v) is 14.1. The quantitative estimate of drug-likeness (QED) is 0.107. The molecule has 42 heavy (non-hydrogen) atoms. The van der Waals surface area contributed by atoms with Crippen molar-refractivity contribution in [1.29, 1.82) is 0 Å². The Bertz CT molecular complexity index is 1800. The Balaban J connectivity index is 1.10. The molecule has 0 amide bonds. The van der Waals surface area contributed by atoms with Crippen molar-refractivity contribution < 1.29 is 43.3 Å². The maximum atomic E-state index is 13.2. The molecule has 11 atom stereocenters. The molecular weight excluding hydrogens is 583 g/mol. The number of aromatic nitrogens is 8. The zero-order valence-electron chi connectivity index (χ0n) is 21.5. The van der Waals surface area contributed by atoms with Crippen LogP contribution in [0.15, 0.2) is 23.8 Å². The molecule has 0 spiro atoms. The molecule has 0 aromatic carbocycles. The summed E-state index contributed by atoms with van der Waals surface area (Å²) in [6, 6.07) is 0. The number of aliphatic hydroxyl groups excluding tert-OH is 3. The van der Waals surface area contributed by atoms with E-state index in [9.17, 15) is 29.6 Å². The summed E-state index contributed by atoms with van der Waals surface area (Å²) in [5.74, 6) is -0.782. The van der Waals surface area contributed by atoms with Gasteiger partial charge in [-0.05, 0) is 6.92 Å². The van der Waals surface area contributed by atoms with E-state index in [1.54, 1.807) is 0 Å². The van der Waals surface area contributed by atoms with Crippen molar-refractivity contribution in [1.82, 2.24) is 39.0 Å². The van der Waals surface area contributed by atoms with E-state index in [2.05, 4.69) is 29.9 Å². The first-order valence-electron chi connectivity index (χ1n) is 12.6. The molecule has 4 aromatic rings. The molecule has 21 heteroatoms. The third kappa shape index (κ3) is 4.19. The molecule has 1 saturated carbocycles. The first-order chi connectivity index (χ1) is 19.9. The van der Waals surface area contributed by atoms with Gasteiger partial charge in [0.2, 0.25) is 5.95 Å². The Hall–Kier alpha value is -3.59. The third-order valence-electron chi connectivity index (χ3n) is 7.60. The molecule has 6 heterocycles. The number of nitrogens with two attached hydrogens (primary N) is 2. The lowest BCUT2D eigenvalue weighted by Crippen LogP contribution is -2.38. The van der Waals surface area contributed by atoms with E-state index in [0.29, 0.717) is 0 Å². The minimum absolute atomic E-state index is 0.0364. The van der Waals surface area contributed by atoms with Crippen LogP contribution < -0.4 is 17.0 Å². The number of ether oxygens (including phenoxy) is 2. The van der Waals surface area contributed by atoms with E-state index in [-0.39, 0.29) is 34.1 Å². The van der Waals surface area contributed by atoms with Crippen LogP contribution in [0.25, 0.3) is 22.3 Å². The van der Waals surface area contributed by atoms with Crippen LogP contribution in [0.5, 0.6) is 0 Å². The number of fused-ring (bicyclic) bond motifs is 3. The van der Waals surface area contributed by atoms with Crippen molar-refractivity contribution >= 4 is 41.9 Å². The Kier molecular flexibility index (Phi) is 6.14. The molecule has 7 rings (SSSR count). The number of phosphoric acid groups is 1. The van der Waals surface area contributed by atoms with Gasteiger partial charge in [0.1, 0.15) is 36.3 Å². The molecule has 224 valence electrons. The fourth-order valence-corrected chi connectivity index (χ4v) is 6.70. The van der Waals surface area contributed by atoms with Gasteiger partial charge in [-0.25, -0.2) is 24.5 Å². The molecule has 4 aromatic heterocycles. The summed E-state index contributed by atoms with van der Waals surface area (Å²) in [4.78, 5) is 45.4. The molecule has 0 bridgehead atoms. The summed E-state index contributed by atoms with van der Waals surface area (Å²) >= 11 is 0. The number of aromatic amines is 1. The largest absolute Gasteiger partial charge is 0.472 e. The highest BCUT2D eigenvalue weighted by atomic mass is 31.2. The standard InChI is InChI=1S/C21H25N10O10P/c1-5(12-10(33)11(34)19(38-12)30-3-26-7-15(22)24-2-25-16(7)30)40-42(36,37)41-14-6-9(32)13(6)39-20(14)31-4-27-8-17(31)28-21(23)29-18(8)35/h2-6,9-14,19-20,32-34H,1H3,(H,36,37)(H2,22,24,25)(H3,23,28,29,35)/t5?,6?,9?,10-,11+,12+,13-,14+,19+,20+/m0/s1. The van der Waals surface area contributed by atoms with E-state index in [1.807, 2.05) is 0 Å². The van der Waals surface area contributed by atoms with E-state index >= 15 is 0 Å². The number of H-pyrrole nitrogens is 1. The predicted molar refractivity (Wildman–Crippen MR) is 137 cm³/mol. The van der Waals surface area contributed by atoms with Crippen molar-refractivity contribution in [2.75, 3.05) is 11.5 Å². The normalized spacial score (nSPS) is 34.5. The van der Waals surface area contributed by atoms with Gasteiger partial charge in [0.15, 0.2) is 35.1 Å². The van der Waals surface area contributed by atoms with E-state index < -0.39 is 74.5 Å². The number of hydrogen-bond donors (Lipinski definition) is 7. The average molecular weight is 608 g/mol. The highest BCUT2D eigenvalue weighted by Gasteiger charge is 2.66. The Morgan fingerprint density at radius 2 is 1.71 bits per heavy atom. The monoisotopic (exact) mass is 608 g/mol. The van der Waals surface area contributed by atoms with E-state index in [1.165, 1.54) is 35.0 Å². The molecular formula is C21H25N10O10P. The zero-order chi connectivity index (χ0) is 29.7. The molecule has 2 saturated heterocycles. The molecule has 3 fully saturated rings. The number of rotatable bonds is 7. The van der Waals surface area contributed by atoms with Gasteiger partial charge in [0.25, 0.3) is 5.56 Å². The summed E-state index contributed by atoms with van der Waals surface area (Å²) in [5.41, 5.74) is 11.4. The lowest BCUT2D eigenvalue weighted by Gasteiger charge is -2.28. The number of aliphatic hydroxyl groups is 3. The molecule has 9 N–H and O–H groups in total. The summed E-state index contributed by atoms with van der Waals surface area (Å²) in [7, 11) is -4.94. The summed E-state index contributed by atoms with van der Waals surface area (Å²) in [6.45, 7) is 1.35. The third-order valence-corrected chi connectivity index (χ3v) is 8.71. The number of imidazole rings is 2. The summed E-state index contributed by atoms with van der Waals surface area (Å²) < 4.78 is 38.4. The van der Waals surface area contributed by atoms with Gasteiger partial charge in [0, 0.05) is 5.92 Å². The number of hydrogen-bond acceptors (Lipinski definition) is 16. The first kappa shape index (κ1) is 27.3. The lowest BCUT2D eigenvalue weighted by molar-refractivity contribution is -0.0905. The van der Waals surface area contributed by atoms with Crippen molar-refractivity contribution in [2.24, 2.45) is 5.92 Å². The van der Waals surface area contributed by atoms with Gasteiger partial charge >= 0.3 is 7.82 Å². The van der Waals surface area contributed by atoms with Crippen LogP contribution in [0.3, 0.4) is 0 Å². The number of nitrogens with one attached hydrogen (secondary N) is 1. The van der Waals surface area contributed by atoms with Crippen LogP contribution in [0, 0.1) is 5.92 Å². The van der Waals surface area contributed by atoms with Crippen LogP contribution in [-0.2, 0) is 23.1 Å². The molecule has 4 unspecified atom stereocenters. The lowest BCUT2D eigenvalue weighted by atomic mass is 10.1. The number of phosphoric ester groups is 1. The van der Waals surface area contributed by atoms with E-state index in [0.717, 1.165) is 0 Å². The van der Waals surface area contributed by atoms with Crippen molar-refractivity contribution in [3.8, 4) is 0 Å². The second-order valence-electron chi connectivity index (χ2n) is 10.2. The molecule has 1 aliphatic carbocycles. The number of nitrogens with zero attached hydrogens (tertiary/aromatic N) is 7. The number of nitrogen functional groups attached to an aromatic ring is 2. The van der Waals surface area contributed by atoms with Crippen molar-refractivity contribution in [3.05, 3.63) is 29.3 Å². The second kappa shape index (κ2) is 9.46. The Labute approximate surface area is 233 Å². The molecule has 20 nitrogen and oxygen atoms in total. The Morgan fingerprint density at radius 3 is 2.48 bits per heavy atom. The number of anilines is 2. The van der Waals surface area contributed by atoms with Crippen molar-refractivity contribution in [3.63, 3.8) is 0 Å². The maximum absolute atomic E-state index is 13.2. The van der Waals surface area contributed by atoms with Crippen molar-refractivity contribution in [2.45, 2.75) is 62.1 Å². The molecule has 2 aliphatic heterocycles. The fourth-order valence-electron chi connectivity index (χ4n) is 5.55. The van der Waals surface area contributed by atoms with Crippen LogP contribution in [0.1, 0.15) is 19.4 Å². The van der Waals surface area contributed by atoms with Gasteiger partial charge in [-0.15, -0.1) is 0 Å². The molecule has 3 aliphatic rings. The average Bonchev–Trinajstić information content (AvgIpc) is 3.40. The molecule has 0 radical (unpaired) electrons. The fraction of sp³-hybridized carbons (Fsp3) is 0.524. The second-order valence-corrected chi connectivity index (χ2v) is 11.6. The smallest absolute Gasteiger partial charge is 0.390 e. The highest BCUT2D eigenvalue weighted by molar-refractivity contribution is 7.47. The minimum atomic E-state index is -4.94. The predicted octanol–water partition coefficient (Wildman–Crippen LogP) is -2.48. The SMILES string of the molecule is CC(OP(=O)(O)O[C@@H]1C2C(O)[C@H]2O[C@H]1n1cnc2c(=O)[nH]c(N)nc21)[C@H]1O[C@@H](n2cnc3c(N)ncnc32)[C@H](O)[C@@H]1O. The van der Waals surface area contributed by atoms with Gasteiger partial charge in [-0.1, -0.05) is 0 Å². The van der Waals surface area contributed by atoms with Crippen LogP contribution in [-0.4, -0.2) is 102 Å². The maximum Gasteiger partial charge on any atom is 0.472 e. The minimum Gasteiger partial charge on any atom is -0.390 e. The zero-order valence-corrected chi connectivity index (χ0v) is 22.4. The van der Waals surface area contributed by atoms with Gasteiger partial charge in [-0.2, -0.15) is 4.98 Å². The van der Waals surface area contributed by atoms with Gasteiger partial charge in [0.05, 0.1) is 31.0 Å². The van der Waals surface area contributed by atoms with Gasteiger partial charge in [-0.3, -0.25) is 28.0 Å². The summed E-state index contributed by atoms with van der Waals surface area (Å²) in [5, 5.41) is 31.7. The summed E-state index contributed by atoms with van der Waals surface area (Å²) in [6.07, 6.45) is -7.13. The van der Waals surface area contributed by atoms with Crippen LogP contribution >= 0.6 is 7.82 Å². The van der Waals surface area contributed by atoms with E-state index in [4.69, 9.17) is 30.0 Å². The van der Waals surface area contributed by atoms with Crippen LogP contribution in [0.4, 0.5) is 11.8 Å². The Morgan fingerprint density at radius 1 is 1.00 bits per heavy atom. The van der Waals surface area contributed by atoms with Gasteiger partial charge < -0.3 is 41.2 Å².